The number of nitrogens with zero attached hydrogens (tertiary/aromatic N) is 1. The molecule has 1 aliphatic heterocycles. The summed E-state index contributed by atoms with van der Waals surface area (Å²) in [5, 5.41) is 16.7. The number of nitrogens with one attached hydrogen (secondary N) is 1. The first-order chi connectivity index (χ1) is 17.3. The van der Waals surface area contributed by atoms with Crippen LogP contribution in [0.15, 0.2) is 44.5 Å². The summed E-state index contributed by atoms with van der Waals surface area (Å²) in [5.41, 5.74) is 1.20. The van der Waals surface area contributed by atoms with E-state index in [2.05, 4.69) is 23.6 Å². The molecule has 0 amide bonds. The quantitative estimate of drug-likeness (QED) is 0.146. The number of unbranched alkanes of at least 4 members (excludes halogenated alkanes) is 2. The molecule has 2 heterocycles. The van der Waals surface area contributed by atoms with Crippen LogP contribution in [0.2, 0.25) is 0 Å². The average molecular weight is 559 g/mol. The van der Waals surface area contributed by atoms with Gasteiger partial charge < -0.3 is 19.9 Å². The number of Topliss-reactive ketones (excluding diaryl/α,β-unsaturated/α-hetero) is 1. The monoisotopic (exact) mass is 558 g/mol. The summed E-state index contributed by atoms with van der Waals surface area (Å²) < 4.78 is 36.6. The van der Waals surface area contributed by atoms with Gasteiger partial charge in [0, 0.05) is 23.6 Å². The Hall–Kier alpha value is -1.21. The number of aliphatic hydroxyl groups excluding tert-OH is 1. The minimum atomic E-state index is -3.64. The van der Waals surface area contributed by atoms with Crippen LogP contribution in [0.3, 0.4) is 0 Å². The molecule has 1 aromatic carbocycles. The van der Waals surface area contributed by atoms with Gasteiger partial charge in [-0.1, -0.05) is 74.6 Å². The van der Waals surface area contributed by atoms with Crippen molar-refractivity contribution in [1.82, 2.24) is 0 Å². The molecule has 0 radical (unpaired) electrons. The van der Waals surface area contributed by atoms with Crippen LogP contribution >= 0.6 is 22.1 Å². The van der Waals surface area contributed by atoms with Crippen molar-refractivity contribution in [3.63, 3.8) is 0 Å². The van der Waals surface area contributed by atoms with E-state index in [1.807, 2.05) is 24.3 Å². The second-order valence-electron chi connectivity index (χ2n) is 9.15. The van der Waals surface area contributed by atoms with Crippen LogP contribution in [-0.2, 0) is 26.3 Å². The van der Waals surface area contributed by atoms with Gasteiger partial charge in [-0.3, -0.25) is 13.9 Å². The Morgan fingerprint density at radius 1 is 1.14 bits per heavy atom. The summed E-state index contributed by atoms with van der Waals surface area (Å²) in [6.07, 6.45) is 4.86. The third-order valence-electron chi connectivity index (χ3n) is 6.75. The van der Waals surface area contributed by atoms with Gasteiger partial charge in [0.25, 0.3) is 0 Å². The summed E-state index contributed by atoms with van der Waals surface area (Å²) in [6.45, 7) is 4.38. The molecule has 2 aromatic rings. The Bertz CT molecular complexity index is 1190. The Morgan fingerprint density at radius 2 is 1.81 bits per heavy atom. The molecular weight excluding hydrogens is 523 g/mol. The number of carbonyl (C=O) groups excluding carboxylic acids is 1. The molecule has 11 heteroatoms. The van der Waals surface area contributed by atoms with E-state index >= 15 is 0 Å². The molecule has 0 saturated heterocycles. The van der Waals surface area contributed by atoms with Crippen molar-refractivity contribution < 1.29 is 28.5 Å². The van der Waals surface area contributed by atoms with E-state index in [1.54, 1.807) is 5.38 Å². The number of aliphatic hydroxyl groups is 1. The fourth-order valence-corrected chi connectivity index (χ4v) is 7.67. The Balaban J connectivity index is 0.00000380. The van der Waals surface area contributed by atoms with Crippen molar-refractivity contribution in [2.24, 2.45) is 4.40 Å². The number of fused-ring (bicyclic) bond motifs is 2. The van der Waals surface area contributed by atoms with Gasteiger partial charge in [-0.05, 0) is 18.4 Å². The van der Waals surface area contributed by atoms with Crippen molar-refractivity contribution in [3.05, 3.63) is 51.9 Å². The number of ether oxygens (including phenoxy) is 2. The van der Waals surface area contributed by atoms with Crippen molar-refractivity contribution >= 4 is 74.0 Å². The van der Waals surface area contributed by atoms with E-state index < -0.39 is 16.2 Å². The molecule has 4 rings (SSSR count). The molecule has 37 heavy (non-hydrogen) atoms. The van der Waals surface area contributed by atoms with Gasteiger partial charge in [-0.15, -0.1) is 15.7 Å². The maximum atomic E-state index is 14.3. The van der Waals surface area contributed by atoms with Crippen LogP contribution in [0.4, 0.5) is 5.00 Å². The maximum absolute atomic E-state index is 14.3. The Morgan fingerprint density at radius 3 is 2.46 bits per heavy atom. The third kappa shape index (κ3) is 5.73. The standard InChI is InChI=1S/C26H34N2O6S2.Na.H/c1-4-6-12-26(13-7-5-2)19-11-9-8-10-18(19)21(29)20(23(26)30)24-27-25-22(36(31,32)28-24)17(15-35-25)14-34-16-33-3;;/h8-11,15,29,31-32H,4-7,12-14,16H2,1-3H3,(H,27,28);;. The number of anilines is 1. The predicted octanol–water partition coefficient (Wildman–Crippen LogP) is 6.24. The SMILES string of the molecule is CCCCC1(CCCC)C(=O)C(C2=NS(O)(O)c3c(COCOC)csc3N2)=C(O)c2ccccc21.[NaH]. The van der Waals surface area contributed by atoms with Crippen LogP contribution < -0.4 is 5.32 Å². The van der Waals surface area contributed by atoms with Crippen LogP contribution in [0.1, 0.15) is 69.1 Å². The molecule has 0 unspecified atom stereocenters. The number of hydrogen-bond acceptors (Lipinski definition) is 9. The Kier molecular flexibility index (Phi) is 10.5. The van der Waals surface area contributed by atoms with Crippen LogP contribution in [0.5, 0.6) is 0 Å². The number of benzene rings is 1. The van der Waals surface area contributed by atoms with Crippen molar-refractivity contribution in [2.45, 2.75) is 69.3 Å². The fraction of sp³-hybridized carbons (Fsp3) is 0.462. The zero-order valence-corrected chi connectivity index (χ0v) is 22.5. The van der Waals surface area contributed by atoms with Gasteiger partial charge in [0.15, 0.2) is 11.6 Å². The number of methoxy groups -OCH3 is 1. The topological polar surface area (TPSA) is 121 Å². The molecule has 0 spiro atoms. The van der Waals surface area contributed by atoms with Crippen LogP contribution in [0, 0.1) is 0 Å². The predicted molar refractivity (Wildman–Crippen MR) is 152 cm³/mol. The molecule has 8 nitrogen and oxygen atoms in total. The van der Waals surface area contributed by atoms with Crippen LogP contribution in [0.25, 0.3) is 5.76 Å². The molecule has 1 aliphatic carbocycles. The summed E-state index contributed by atoms with van der Waals surface area (Å²) in [5.74, 6) is -0.432. The van der Waals surface area contributed by atoms with Gasteiger partial charge in [-0.2, -0.15) is 0 Å². The van der Waals surface area contributed by atoms with E-state index in [9.17, 15) is 19.0 Å². The van der Waals surface area contributed by atoms with Gasteiger partial charge in [0.2, 0.25) is 0 Å². The first-order valence-electron chi connectivity index (χ1n) is 12.2. The van der Waals surface area contributed by atoms with E-state index in [0.29, 0.717) is 29.0 Å². The number of ketones is 1. The normalized spacial score (nSPS) is 18.3. The second-order valence-corrected chi connectivity index (χ2v) is 11.7. The van der Waals surface area contributed by atoms with Crippen molar-refractivity contribution in [3.8, 4) is 0 Å². The molecule has 0 fully saturated rings. The van der Waals surface area contributed by atoms with Gasteiger partial charge in [0.05, 0.1) is 12.0 Å². The summed E-state index contributed by atoms with van der Waals surface area (Å²) in [4.78, 5) is 14.6. The molecule has 4 N–H and O–H groups in total. The van der Waals surface area contributed by atoms with E-state index in [4.69, 9.17) is 9.47 Å². The molecule has 2 aliphatic rings. The average Bonchev–Trinajstić information content (AvgIpc) is 3.28. The van der Waals surface area contributed by atoms with E-state index in [0.717, 1.165) is 31.2 Å². The van der Waals surface area contributed by atoms with Gasteiger partial charge in [0.1, 0.15) is 28.0 Å². The molecule has 198 valence electrons. The molecule has 1 aromatic heterocycles. The number of rotatable bonds is 11. The summed E-state index contributed by atoms with van der Waals surface area (Å²) in [6, 6.07) is 7.47. The molecule has 0 atom stereocenters. The molecule has 0 saturated carbocycles. The summed E-state index contributed by atoms with van der Waals surface area (Å²) >= 11 is 1.27. The van der Waals surface area contributed by atoms with Crippen molar-refractivity contribution in [2.75, 3.05) is 19.2 Å². The zero-order valence-electron chi connectivity index (χ0n) is 20.9. The zero-order chi connectivity index (χ0) is 25.9. The Labute approximate surface area is 246 Å². The van der Waals surface area contributed by atoms with Gasteiger partial charge >= 0.3 is 29.6 Å². The first kappa shape index (κ1) is 30.3. The van der Waals surface area contributed by atoms with Crippen molar-refractivity contribution in [1.29, 1.82) is 0 Å². The number of amidine groups is 1. The fourth-order valence-electron chi connectivity index (χ4n) is 5.02. The first-order valence-corrected chi connectivity index (χ1v) is 14.6. The van der Waals surface area contributed by atoms with Crippen LogP contribution in [-0.4, -0.2) is 69.3 Å². The molecule has 0 bridgehead atoms. The van der Waals surface area contributed by atoms with E-state index in [1.165, 1.54) is 18.4 Å². The number of hydrogen-bond donors (Lipinski definition) is 4. The minimum absolute atomic E-state index is 0. The number of thiophene rings is 1. The molecular formula is C26H35N2NaO6S2. The third-order valence-corrected chi connectivity index (χ3v) is 9.27. The second kappa shape index (κ2) is 12.8. The van der Waals surface area contributed by atoms with Gasteiger partial charge in [-0.25, -0.2) is 0 Å². The number of carbonyl (C=O) groups is 1. The summed E-state index contributed by atoms with van der Waals surface area (Å²) in [7, 11) is -2.13. The van der Waals surface area contributed by atoms with E-state index in [-0.39, 0.29) is 70.8 Å².